The highest BCUT2D eigenvalue weighted by Gasteiger charge is 2.27. The Morgan fingerprint density at radius 1 is 0.377 bits per heavy atom. The summed E-state index contributed by atoms with van der Waals surface area (Å²) >= 11 is 0. The molecule has 0 spiro atoms. The number of rotatable bonds is 3. The van der Waals surface area contributed by atoms with Crippen LogP contribution in [0.4, 0.5) is 0 Å². The molecule has 0 aliphatic rings. The summed E-state index contributed by atoms with van der Waals surface area (Å²) < 4.78 is 15.7. The van der Waals surface area contributed by atoms with Gasteiger partial charge < -0.3 is 8.83 Å². The molecule has 8 aromatic carbocycles. The molecule has 0 saturated heterocycles. The van der Waals surface area contributed by atoms with Crippen LogP contribution in [0.5, 0.6) is 0 Å². The van der Waals surface area contributed by atoms with Crippen LogP contribution < -0.4 is 0 Å². The second kappa shape index (κ2) is 10.6. The van der Waals surface area contributed by atoms with Crippen LogP contribution in [0.15, 0.2) is 173 Å². The molecule has 0 aliphatic carbocycles. The van der Waals surface area contributed by atoms with Gasteiger partial charge in [-0.25, -0.2) is 4.98 Å². The van der Waals surface area contributed by atoms with Gasteiger partial charge in [-0.1, -0.05) is 152 Å². The van der Waals surface area contributed by atoms with Gasteiger partial charge in [-0.05, 0) is 39.4 Å². The zero-order valence-corrected chi connectivity index (χ0v) is 28.2. The van der Waals surface area contributed by atoms with Crippen LogP contribution in [-0.2, 0) is 0 Å². The molecule has 0 radical (unpaired) electrons. The number of benzene rings is 8. The van der Waals surface area contributed by atoms with Crippen molar-refractivity contribution in [2.45, 2.75) is 0 Å². The van der Waals surface area contributed by atoms with E-state index >= 15 is 0 Å². The van der Waals surface area contributed by atoms with Crippen molar-refractivity contribution in [2.24, 2.45) is 0 Å². The van der Waals surface area contributed by atoms with Crippen LogP contribution in [-0.4, -0.2) is 14.5 Å². The van der Waals surface area contributed by atoms with Crippen molar-refractivity contribution >= 4 is 87.4 Å². The van der Waals surface area contributed by atoms with Crippen LogP contribution in [0.3, 0.4) is 0 Å². The van der Waals surface area contributed by atoms with E-state index in [1.807, 2.05) is 36.4 Å². The Morgan fingerprint density at radius 3 is 1.74 bits per heavy atom. The predicted octanol–water partition coefficient (Wildman–Crippen LogP) is 13.0. The first-order valence-corrected chi connectivity index (χ1v) is 17.8. The number of para-hydroxylation sites is 2. The van der Waals surface area contributed by atoms with E-state index in [-0.39, 0.29) is 0 Å². The molecule has 0 aliphatic heterocycles. The van der Waals surface area contributed by atoms with Crippen molar-refractivity contribution in [2.75, 3.05) is 0 Å². The number of hydrogen-bond donors (Lipinski definition) is 0. The Bertz CT molecular complexity index is 3440. The highest BCUT2D eigenvalue weighted by atomic mass is 16.3. The summed E-state index contributed by atoms with van der Waals surface area (Å²) in [5, 5.41) is 10.8. The Labute approximate surface area is 302 Å². The molecular weight excluding hydrogens is 651 g/mol. The van der Waals surface area contributed by atoms with E-state index in [4.69, 9.17) is 18.8 Å². The van der Waals surface area contributed by atoms with Gasteiger partial charge in [0.05, 0.1) is 16.6 Å². The molecule has 0 atom stereocenters. The third kappa shape index (κ3) is 3.96. The lowest BCUT2D eigenvalue weighted by atomic mass is 9.98. The maximum atomic E-state index is 6.88. The average Bonchev–Trinajstić information content (AvgIpc) is 3.91. The molecule has 4 aromatic heterocycles. The molecule has 0 saturated carbocycles. The summed E-state index contributed by atoms with van der Waals surface area (Å²) in [6.07, 6.45) is 0. The van der Waals surface area contributed by atoms with Gasteiger partial charge in [0.25, 0.3) is 0 Å². The van der Waals surface area contributed by atoms with Gasteiger partial charge >= 0.3 is 0 Å². The smallest absolute Gasteiger partial charge is 0.238 e. The molecular formula is C48H27N3O2. The number of hydrogen-bond acceptors (Lipinski definition) is 4. The molecule has 12 aromatic rings. The number of aromatic nitrogens is 3. The molecule has 53 heavy (non-hydrogen) atoms. The largest absolute Gasteiger partial charge is 0.454 e. The molecule has 4 heterocycles. The van der Waals surface area contributed by atoms with E-state index in [9.17, 15) is 0 Å². The lowest BCUT2D eigenvalue weighted by molar-refractivity contribution is 0.651. The first-order valence-electron chi connectivity index (χ1n) is 17.8. The maximum Gasteiger partial charge on any atom is 0.238 e. The normalized spacial score (nSPS) is 12.2. The minimum Gasteiger partial charge on any atom is -0.454 e. The highest BCUT2D eigenvalue weighted by molar-refractivity contribution is 6.36. The summed E-state index contributed by atoms with van der Waals surface area (Å²) in [5.41, 5.74) is 9.02. The third-order valence-electron chi connectivity index (χ3n) is 10.8. The second-order valence-corrected chi connectivity index (χ2v) is 13.7. The van der Waals surface area contributed by atoms with Gasteiger partial charge in [0.2, 0.25) is 11.7 Å². The van der Waals surface area contributed by atoms with Crippen LogP contribution in [0, 0.1) is 0 Å². The molecule has 0 fully saturated rings. The topological polar surface area (TPSA) is 57.0 Å². The molecule has 246 valence electrons. The fourth-order valence-corrected chi connectivity index (χ4v) is 8.51. The van der Waals surface area contributed by atoms with Crippen LogP contribution in [0.25, 0.3) is 116 Å². The maximum absolute atomic E-state index is 6.88. The first-order chi connectivity index (χ1) is 26.3. The Hall–Kier alpha value is -7.24. The molecule has 5 nitrogen and oxygen atoms in total. The van der Waals surface area contributed by atoms with E-state index < -0.39 is 0 Å². The molecule has 0 bridgehead atoms. The highest BCUT2D eigenvalue weighted by Crippen LogP contribution is 2.47. The van der Waals surface area contributed by atoms with Crippen molar-refractivity contribution < 1.29 is 8.83 Å². The van der Waals surface area contributed by atoms with Crippen molar-refractivity contribution in [3.05, 3.63) is 164 Å². The van der Waals surface area contributed by atoms with Crippen LogP contribution in [0.2, 0.25) is 0 Å². The average molecular weight is 678 g/mol. The minimum atomic E-state index is 0.520. The molecule has 0 unspecified atom stereocenters. The van der Waals surface area contributed by atoms with Crippen molar-refractivity contribution in [3.8, 4) is 28.3 Å². The van der Waals surface area contributed by atoms with E-state index in [0.717, 1.165) is 98.5 Å². The molecule has 0 N–H and O–H groups in total. The summed E-state index contributed by atoms with van der Waals surface area (Å²) in [6, 6.07) is 57.1. The van der Waals surface area contributed by atoms with Gasteiger partial charge in [-0.2, -0.15) is 4.98 Å². The zero-order chi connectivity index (χ0) is 34.6. The van der Waals surface area contributed by atoms with E-state index in [1.165, 1.54) is 5.56 Å². The Morgan fingerprint density at radius 2 is 0.962 bits per heavy atom. The van der Waals surface area contributed by atoms with E-state index in [0.29, 0.717) is 11.7 Å². The quantitative estimate of drug-likeness (QED) is 0.187. The fourth-order valence-electron chi connectivity index (χ4n) is 8.51. The monoisotopic (exact) mass is 677 g/mol. The molecule has 0 amide bonds. The fraction of sp³-hybridized carbons (Fsp3) is 0. The first kappa shape index (κ1) is 28.5. The minimum absolute atomic E-state index is 0.520. The van der Waals surface area contributed by atoms with E-state index in [1.54, 1.807) is 0 Å². The van der Waals surface area contributed by atoms with Crippen molar-refractivity contribution in [1.82, 2.24) is 14.5 Å². The van der Waals surface area contributed by atoms with Crippen molar-refractivity contribution in [3.63, 3.8) is 0 Å². The van der Waals surface area contributed by atoms with Gasteiger partial charge in [0.15, 0.2) is 5.58 Å². The lowest BCUT2D eigenvalue weighted by Crippen LogP contribution is -2.03. The summed E-state index contributed by atoms with van der Waals surface area (Å²) in [6.45, 7) is 0. The Balaban J connectivity index is 1.27. The van der Waals surface area contributed by atoms with Gasteiger partial charge in [-0.3, -0.25) is 4.57 Å². The van der Waals surface area contributed by atoms with Crippen LogP contribution >= 0.6 is 0 Å². The lowest BCUT2D eigenvalue weighted by Gasteiger charge is -2.12. The number of nitrogens with zero attached hydrogens (tertiary/aromatic N) is 3. The zero-order valence-electron chi connectivity index (χ0n) is 28.2. The van der Waals surface area contributed by atoms with Gasteiger partial charge in [-0.15, -0.1) is 0 Å². The summed E-state index contributed by atoms with van der Waals surface area (Å²) in [7, 11) is 0. The summed E-state index contributed by atoms with van der Waals surface area (Å²) in [5.74, 6) is 0.520. The van der Waals surface area contributed by atoms with E-state index in [2.05, 4.69) is 132 Å². The SMILES string of the molecule is c1ccc(-c2ccc(-c3nc(-n4c5c6ccccc6ccc5c5c6ccccc6c6c7ccccc7oc6c54)nc4oc5ccccc5c34)cc2)cc1. The number of furan rings is 2. The number of fused-ring (bicyclic) bond motifs is 15. The van der Waals surface area contributed by atoms with Gasteiger partial charge in [0.1, 0.15) is 16.7 Å². The standard InChI is InChI=1S/C48H27N3O2/c1-2-12-28(13-3-1)29-22-24-31(25-23-29)43-42-36-19-9-11-21-39(36)53-47(42)50-48(49-43)51-44-32-15-5-4-14-30(32)26-27-37(44)40-33-16-6-7-17-34(33)41-35-18-8-10-20-38(35)52-46(41)45(40)51/h1-27H. The third-order valence-corrected chi connectivity index (χ3v) is 10.8. The molecule has 5 heteroatoms. The molecule has 12 rings (SSSR count). The second-order valence-electron chi connectivity index (χ2n) is 13.7. The Kier molecular flexibility index (Phi) is 5.71. The van der Waals surface area contributed by atoms with Gasteiger partial charge in [0, 0.05) is 37.9 Å². The van der Waals surface area contributed by atoms with Crippen LogP contribution in [0.1, 0.15) is 0 Å². The summed E-state index contributed by atoms with van der Waals surface area (Å²) in [4.78, 5) is 10.8. The van der Waals surface area contributed by atoms with Crippen molar-refractivity contribution in [1.29, 1.82) is 0 Å². The predicted molar refractivity (Wildman–Crippen MR) is 217 cm³/mol.